The second kappa shape index (κ2) is 34.8. The summed E-state index contributed by atoms with van der Waals surface area (Å²) in [5, 5.41) is 5.97. The zero-order valence-electron chi connectivity index (χ0n) is 36.1. The molecule has 1 unspecified atom stereocenters. The van der Waals surface area contributed by atoms with Crippen molar-refractivity contribution in [1.82, 2.24) is 9.73 Å². The Balaban J connectivity index is 0. The van der Waals surface area contributed by atoms with Crippen molar-refractivity contribution in [2.24, 2.45) is 10.1 Å². The first kappa shape index (κ1) is 52.2. The highest BCUT2D eigenvalue weighted by Crippen LogP contribution is 2.39. The van der Waals surface area contributed by atoms with Gasteiger partial charge in [0, 0.05) is 30.8 Å². The number of nitroso groups, excluding NO2 is 1. The van der Waals surface area contributed by atoms with Crippen molar-refractivity contribution >= 4 is 23.6 Å². The lowest BCUT2D eigenvalue weighted by molar-refractivity contribution is -0.732. The summed E-state index contributed by atoms with van der Waals surface area (Å²) < 4.78 is 8.29. The number of hydrogen-bond donors (Lipinski definition) is 1. The van der Waals surface area contributed by atoms with Gasteiger partial charge in [-0.2, -0.15) is 4.99 Å². The number of ether oxygens (including phenoxy) is 1. The van der Waals surface area contributed by atoms with Crippen LogP contribution in [-0.2, 0) is 9.57 Å². The van der Waals surface area contributed by atoms with E-state index in [1.54, 1.807) is 23.0 Å². The number of hydrogen-bond acceptors (Lipinski definition) is 6. The first-order chi connectivity index (χ1) is 25.8. The average Bonchev–Trinajstić information content (AvgIpc) is 3.66. The predicted octanol–water partition coefficient (Wildman–Crippen LogP) is 13.4. The summed E-state index contributed by atoms with van der Waals surface area (Å²) in [6, 6.07) is 0. The Morgan fingerprint density at radius 3 is 2.34 bits per heavy atom. The van der Waals surface area contributed by atoms with Crippen molar-refractivity contribution in [3.63, 3.8) is 0 Å². The van der Waals surface area contributed by atoms with E-state index in [9.17, 15) is 4.91 Å². The first-order valence-corrected chi connectivity index (χ1v) is 21.6. The summed E-state index contributed by atoms with van der Waals surface area (Å²) in [6.07, 6.45) is 30.7. The Hall–Kier alpha value is -2.91. The van der Waals surface area contributed by atoms with Crippen molar-refractivity contribution < 1.29 is 14.4 Å². The zero-order valence-corrected chi connectivity index (χ0v) is 37.0. The van der Waals surface area contributed by atoms with Crippen LogP contribution in [-0.4, -0.2) is 53.1 Å². The number of allylic oxidation sites excluding steroid dienone is 8. The molecule has 1 spiro atoms. The number of rotatable bonds is 18. The molecule has 8 nitrogen and oxygen atoms in total. The Labute approximate surface area is 331 Å². The number of hydrazine groups is 1. The van der Waals surface area contributed by atoms with E-state index in [2.05, 4.69) is 81.5 Å². The second-order valence-corrected chi connectivity index (χ2v) is 13.3. The van der Waals surface area contributed by atoms with Gasteiger partial charge in [0.2, 0.25) is 0 Å². The van der Waals surface area contributed by atoms with Gasteiger partial charge in [0.05, 0.1) is 11.5 Å². The van der Waals surface area contributed by atoms with E-state index >= 15 is 0 Å². The van der Waals surface area contributed by atoms with Gasteiger partial charge in [-0.3, -0.25) is 0 Å². The highest BCUT2D eigenvalue weighted by Gasteiger charge is 2.57. The number of aliphatic imine (C=N–C) groups is 1. The molecule has 3 rings (SSSR count). The largest absolute Gasteiger partial charge is 0.391 e. The van der Waals surface area contributed by atoms with Crippen LogP contribution < -0.4 is 4.72 Å². The molecule has 0 saturated heterocycles. The van der Waals surface area contributed by atoms with Gasteiger partial charge in [0.15, 0.2) is 10.7 Å². The first-order valence-electron chi connectivity index (χ1n) is 20.8. The Kier molecular flexibility index (Phi) is 34.3. The fourth-order valence-corrected chi connectivity index (χ4v) is 6.42. The fourth-order valence-electron chi connectivity index (χ4n) is 5.65. The monoisotopic (exact) mass is 759 g/mol. The standard InChI is InChI=1S/C20H32N2OS.C14H24N3O.C6H12O.2C2H6/c1-6-12-16(4)23-21-17(5)22-24-20-15-11-9-10-14-19(20)18(8-3)13-7-2;1-3-5-6-9-13-15-14(10-7-8-11-14)17(18)16(13)12-4-2;1-3-5-6-7-4-2;2*1-2/h10-11,13-16H,6-9,12H2,1-5H3,(H,21,22);4H,2-3,5-12H2,1H3;3,5H,4,6H2,1-2H3;2*1-2H3/q;+1;;;/b18-13+;;5-3+;;. The lowest BCUT2D eigenvalue weighted by atomic mass is 10.0. The maximum Gasteiger partial charge on any atom is 0.336 e. The summed E-state index contributed by atoms with van der Waals surface area (Å²) >= 11 is 1.60. The third-order valence-electron chi connectivity index (χ3n) is 8.22. The van der Waals surface area contributed by atoms with Crippen LogP contribution in [0.2, 0.25) is 0 Å². The fraction of sp³-hybridized carbons (Fsp3) is 0.682. The minimum Gasteiger partial charge on any atom is -0.391 e. The minimum absolute atomic E-state index is 0.159. The molecule has 1 N–H and O–H groups in total. The molecule has 0 aromatic heterocycles. The molecule has 0 amide bonds. The van der Waals surface area contributed by atoms with Crippen LogP contribution >= 0.6 is 11.9 Å². The van der Waals surface area contributed by atoms with Crippen molar-refractivity contribution in [2.75, 3.05) is 19.8 Å². The molecule has 0 bridgehead atoms. The highest BCUT2D eigenvalue weighted by atomic mass is 32.2. The molecule has 53 heavy (non-hydrogen) atoms. The van der Waals surface area contributed by atoms with Gasteiger partial charge in [-0.1, -0.05) is 127 Å². The highest BCUT2D eigenvalue weighted by molar-refractivity contribution is 8.02. The van der Waals surface area contributed by atoms with Crippen molar-refractivity contribution in [1.29, 1.82) is 0 Å². The van der Waals surface area contributed by atoms with Crippen LogP contribution in [0.5, 0.6) is 0 Å². The van der Waals surface area contributed by atoms with Crippen LogP contribution in [0, 0.1) is 4.91 Å². The topological polar surface area (TPSA) is 78.5 Å². The summed E-state index contributed by atoms with van der Waals surface area (Å²) in [7, 11) is 0. The molecule has 0 radical (unpaired) electrons. The Morgan fingerprint density at radius 2 is 1.77 bits per heavy atom. The van der Waals surface area contributed by atoms with Crippen LogP contribution in [0.15, 0.2) is 81.4 Å². The maximum atomic E-state index is 12.4. The third-order valence-corrected chi connectivity index (χ3v) is 9.19. The molecule has 0 aromatic carbocycles. The summed E-state index contributed by atoms with van der Waals surface area (Å²) in [6.45, 7) is 30.6. The average molecular weight is 759 g/mol. The van der Waals surface area contributed by atoms with Gasteiger partial charge in [-0.25, -0.2) is 0 Å². The SMILES string of the molecule is C/C=C/COCC.C=CCN1C(CCCCC)=NC2(CCCC2)[N+]1=O.CC.CC.CC/C=C(\CC)C1=C(SN/C(C)=N/OC(C)CCC)C=CCC=C1. The summed E-state index contributed by atoms with van der Waals surface area (Å²) in [4.78, 5) is 25.1. The van der Waals surface area contributed by atoms with Crippen LogP contribution in [0.4, 0.5) is 0 Å². The van der Waals surface area contributed by atoms with Gasteiger partial charge >= 0.3 is 5.66 Å². The molecule has 0 aromatic rings. The van der Waals surface area contributed by atoms with E-state index in [-0.39, 0.29) is 6.10 Å². The minimum atomic E-state index is -0.468. The molecular weight excluding hydrogens is 679 g/mol. The smallest absolute Gasteiger partial charge is 0.336 e. The van der Waals surface area contributed by atoms with Gasteiger partial charge in [0.1, 0.15) is 18.5 Å². The van der Waals surface area contributed by atoms with E-state index in [4.69, 9.17) is 14.6 Å². The van der Waals surface area contributed by atoms with Crippen molar-refractivity contribution in [3.05, 3.63) is 76.1 Å². The molecule has 1 aliphatic heterocycles. The normalized spacial score (nSPS) is 16.7. The van der Waals surface area contributed by atoms with Crippen LogP contribution in [0.25, 0.3) is 0 Å². The molecule has 304 valence electrons. The van der Waals surface area contributed by atoms with Gasteiger partial charge in [-0.15, -0.1) is 6.58 Å². The third kappa shape index (κ3) is 21.5. The van der Waals surface area contributed by atoms with Crippen LogP contribution in [0.3, 0.4) is 0 Å². The Bertz CT molecular complexity index is 1180. The molecule has 9 heteroatoms. The van der Waals surface area contributed by atoms with E-state index in [1.807, 2.05) is 60.6 Å². The molecular formula is C44H80N5O3S+. The van der Waals surface area contributed by atoms with Crippen molar-refractivity contribution in [2.45, 2.75) is 178 Å². The van der Waals surface area contributed by atoms with Gasteiger partial charge in [0.25, 0.3) is 0 Å². The van der Waals surface area contributed by atoms with Gasteiger partial charge in [-0.05, 0) is 102 Å². The maximum absolute atomic E-state index is 12.4. The number of nitrogens with one attached hydrogen (secondary N) is 1. The van der Waals surface area contributed by atoms with E-state index in [1.165, 1.54) is 28.9 Å². The number of unbranched alkanes of at least 4 members (excludes halogenated alkanes) is 2. The van der Waals surface area contributed by atoms with E-state index in [0.717, 1.165) is 100 Å². The number of oxime groups is 1. The second-order valence-electron chi connectivity index (χ2n) is 12.4. The summed E-state index contributed by atoms with van der Waals surface area (Å²) in [5.74, 6) is 1.76. The number of amidine groups is 2. The van der Waals surface area contributed by atoms with Crippen LogP contribution in [0.1, 0.15) is 167 Å². The van der Waals surface area contributed by atoms with Crippen molar-refractivity contribution in [3.8, 4) is 0 Å². The van der Waals surface area contributed by atoms with E-state index in [0.29, 0.717) is 6.54 Å². The lowest BCUT2D eigenvalue weighted by Crippen LogP contribution is -2.42. The molecule has 3 aliphatic rings. The molecule has 1 saturated carbocycles. The van der Waals surface area contributed by atoms with Gasteiger partial charge < -0.3 is 14.3 Å². The van der Waals surface area contributed by atoms with E-state index < -0.39 is 5.66 Å². The Morgan fingerprint density at radius 1 is 1.09 bits per heavy atom. The zero-order chi connectivity index (χ0) is 40.3. The molecule has 1 heterocycles. The molecule has 1 fully saturated rings. The molecule has 1 atom stereocenters. The lowest BCUT2D eigenvalue weighted by Gasteiger charge is -2.13. The summed E-state index contributed by atoms with van der Waals surface area (Å²) in [5.41, 5.74) is 2.23. The number of nitrogens with zero attached hydrogens (tertiary/aromatic N) is 4. The predicted molar refractivity (Wildman–Crippen MR) is 235 cm³/mol. The quantitative estimate of drug-likeness (QED) is 0.0285. The molecule has 2 aliphatic carbocycles.